The number of nitrogens with two attached hydrogens (primary N) is 1. The van der Waals surface area contributed by atoms with E-state index in [1.807, 2.05) is 0 Å². The zero-order valence-corrected chi connectivity index (χ0v) is 18.1. The minimum absolute atomic E-state index is 0.00489. The maximum Gasteiger partial charge on any atom is 0.279 e. The maximum absolute atomic E-state index is 12.9. The van der Waals surface area contributed by atoms with E-state index in [0.717, 1.165) is 0 Å². The number of nitrogens with one attached hydrogen (secondary N) is 1. The standard InChI is InChI=1S/C21H15Cl2N3O4S/c1-12-19(21(27)26(25-12)16-9-14(22)8-15(23)10-16)11-17-4-7-20(30-17)13-2-5-18(6-3-13)31(24,28)29/h2-11,25H,1H2,(H2,24,28,29)/b19-11-. The number of furan rings is 1. The van der Waals surface area contributed by atoms with Crippen LogP contribution in [0.3, 0.4) is 0 Å². The molecule has 0 aliphatic heterocycles. The van der Waals surface area contributed by atoms with Crippen molar-refractivity contribution in [1.82, 2.24) is 9.78 Å². The number of sulfonamides is 1. The number of hydrogen-bond acceptors (Lipinski definition) is 4. The molecule has 0 aliphatic rings. The van der Waals surface area contributed by atoms with E-state index < -0.39 is 10.0 Å². The molecule has 0 amide bonds. The van der Waals surface area contributed by atoms with Crippen LogP contribution in [0.15, 0.2) is 68.7 Å². The van der Waals surface area contributed by atoms with Gasteiger partial charge in [-0.05, 0) is 60.7 Å². The van der Waals surface area contributed by atoms with E-state index >= 15 is 0 Å². The summed E-state index contributed by atoms with van der Waals surface area (Å²) < 4.78 is 29.9. The molecule has 31 heavy (non-hydrogen) atoms. The number of H-pyrrole nitrogens is 1. The molecule has 2 heterocycles. The molecule has 4 aromatic rings. The molecule has 0 aliphatic carbocycles. The van der Waals surface area contributed by atoms with Gasteiger partial charge in [-0.3, -0.25) is 9.89 Å². The van der Waals surface area contributed by atoms with Crippen LogP contribution >= 0.6 is 23.2 Å². The van der Waals surface area contributed by atoms with Gasteiger partial charge in [-0.2, -0.15) is 0 Å². The Kier molecular flexibility index (Phi) is 5.40. The van der Waals surface area contributed by atoms with E-state index in [-0.39, 0.29) is 10.5 Å². The summed E-state index contributed by atoms with van der Waals surface area (Å²) in [5.41, 5.74) is 0.780. The summed E-state index contributed by atoms with van der Waals surface area (Å²) in [4.78, 5) is 12.9. The molecule has 0 spiro atoms. The van der Waals surface area contributed by atoms with E-state index in [9.17, 15) is 13.2 Å². The van der Waals surface area contributed by atoms with Crippen molar-refractivity contribution >= 4 is 45.9 Å². The predicted octanol–water partition coefficient (Wildman–Crippen LogP) is 2.62. The first-order valence-electron chi connectivity index (χ1n) is 8.83. The second-order valence-electron chi connectivity index (χ2n) is 6.69. The van der Waals surface area contributed by atoms with Crippen molar-refractivity contribution in [1.29, 1.82) is 0 Å². The number of hydrogen-bond donors (Lipinski definition) is 2. The third-order valence-electron chi connectivity index (χ3n) is 4.49. The van der Waals surface area contributed by atoms with Gasteiger partial charge < -0.3 is 4.42 Å². The van der Waals surface area contributed by atoms with Crippen LogP contribution in [0.25, 0.3) is 29.7 Å². The van der Waals surface area contributed by atoms with E-state index in [0.29, 0.717) is 43.4 Å². The molecule has 2 aromatic heterocycles. The van der Waals surface area contributed by atoms with Gasteiger partial charge in [0.1, 0.15) is 11.5 Å². The molecule has 0 saturated heterocycles. The highest BCUT2D eigenvalue weighted by Gasteiger charge is 2.11. The SMILES string of the molecule is C=c1[nH]n(-c2cc(Cl)cc(Cl)c2)c(=O)/c1=C\c1ccc(-c2ccc(S(N)(=O)=O)cc2)o1. The zero-order chi connectivity index (χ0) is 22.3. The van der Waals surface area contributed by atoms with Gasteiger partial charge in [-0.25, -0.2) is 18.2 Å². The number of benzene rings is 2. The number of primary sulfonamides is 1. The summed E-state index contributed by atoms with van der Waals surface area (Å²) in [5, 5.41) is 9.49. The molecular weight excluding hydrogens is 461 g/mol. The summed E-state index contributed by atoms with van der Waals surface area (Å²) in [6.45, 7) is 3.88. The van der Waals surface area contributed by atoms with Crippen molar-refractivity contribution < 1.29 is 12.8 Å². The van der Waals surface area contributed by atoms with Crippen LogP contribution < -0.4 is 21.3 Å². The van der Waals surface area contributed by atoms with Crippen LogP contribution in [0.5, 0.6) is 0 Å². The monoisotopic (exact) mass is 475 g/mol. The Bertz CT molecular complexity index is 1550. The fourth-order valence-electron chi connectivity index (χ4n) is 3.03. The molecule has 7 nitrogen and oxygen atoms in total. The van der Waals surface area contributed by atoms with Gasteiger partial charge in [0.2, 0.25) is 10.0 Å². The van der Waals surface area contributed by atoms with Crippen molar-refractivity contribution in [2.75, 3.05) is 0 Å². The number of nitrogens with zero attached hydrogens (tertiary/aromatic N) is 1. The van der Waals surface area contributed by atoms with Gasteiger partial charge in [-0.15, -0.1) is 0 Å². The molecule has 0 saturated carbocycles. The highest BCUT2D eigenvalue weighted by atomic mass is 35.5. The largest absolute Gasteiger partial charge is 0.457 e. The number of rotatable bonds is 4. The number of aromatic nitrogens is 2. The van der Waals surface area contributed by atoms with Gasteiger partial charge in [-0.1, -0.05) is 29.8 Å². The van der Waals surface area contributed by atoms with Crippen molar-refractivity contribution in [2.45, 2.75) is 4.90 Å². The van der Waals surface area contributed by atoms with Gasteiger partial charge in [0, 0.05) is 15.6 Å². The van der Waals surface area contributed by atoms with Crippen LogP contribution in [0.2, 0.25) is 10.0 Å². The van der Waals surface area contributed by atoms with Gasteiger partial charge in [0.25, 0.3) is 5.56 Å². The normalized spacial score (nSPS) is 12.4. The van der Waals surface area contributed by atoms with Crippen LogP contribution in [-0.4, -0.2) is 18.2 Å². The minimum atomic E-state index is -3.77. The summed E-state index contributed by atoms with van der Waals surface area (Å²) >= 11 is 12.1. The van der Waals surface area contributed by atoms with Crippen molar-refractivity contribution in [3.8, 4) is 17.0 Å². The molecule has 0 unspecified atom stereocenters. The molecule has 0 bridgehead atoms. The third kappa shape index (κ3) is 4.38. The summed E-state index contributed by atoms with van der Waals surface area (Å²) in [5.74, 6) is 0.915. The lowest BCUT2D eigenvalue weighted by Crippen LogP contribution is -2.33. The van der Waals surface area contributed by atoms with Crippen LogP contribution in [-0.2, 0) is 10.0 Å². The third-order valence-corrected chi connectivity index (χ3v) is 5.86. The first kappa shape index (κ1) is 21.2. The lowest BCUT2D eigenvalue weighted by atomic mass is 10.2. The maximum atomic E-state index is 12.9. The van der Waals surface area contributed by atoms with E-state index in [1.165, 1.54) is 16.8 Å². The van der Waals surface area contributed by atoms with Crippen molar-refractivity contribution in [2.24, 2.45) is 5.14 Å². The van der Waals surface area contributed by atoms with Crippen LogP contribution in [0.4, 0.5) is 0 Å². The molecule has 0 atom stereocenters. The molecule has 0 fully saturated rings. The fourth-order valence-corrected chi connectivity index (χ4v) is 4.06. The highest BCUT2D eigenvalue weighted by Crippen LogP contribution is 2.24. The predicted molar refractivity (Wildman–Crippen MR) is 120 cm³/mol. The second-order valence-corrected chi connectivity index (χ2v) is 9.12. The number of aromatic amines is 1. The fraction of sp³-hybridized carbons (Fsp3) is 0. The van der Waals surface area contributed by atoms with E-state index in [1.54, 1.807) is 48.5 Å². The van der Waals surface area contributed by atoms with E-state index in [4.69, 9.17) is 32.8 Å². The topological polar surface area (TPSA) is 111 Å². The molecule has 2 aromatic carbocycles. The second kappa shape index (κ2) is 7.90. The smallest absolute Gasteiger partial charge is 0.279 e. The average Bonchev–Trinajstić information content (AvgIpc) is 3.27. The first-order chi connectivity index (χ1) is 14.6. The summed E-state index contributed by atoms with van der Waals surface area (Å²) in [6, 6.07) is 14.1. The van der Waals surface area contributed by atoms with Gasteiger partial charge in [0.15, 0.2) is 0 Å². The van der Waals surface area contributed by atoms with E-state index in [2.05, 4.69) is 11.7 Å². The van der Waals surface area contributed by atoms with Crippen molar-refractivity contribution in [3.63, 3.8) is 0 Å². The quantitative estimate of drug-likeness (QED) is 0.472. The Labute approximate surface area is 186 Å². The van der Waals surface area contributed by atoms with Gasteiger partial charge >= 0.3 is 0 Å². The lowest BCUT2D eigenvalue weighted by molar-refractivity contribution is 0.571. The number of halogens is 2. The summed E-state index contributed by atoms with van der Waals surface area (Å²) in [6.07, 6.45) is 1.56. The summed E-state index contributed by atoms with van der Waals surface area (Å²) in [7, 11) is -3.77. The Morgan fingerprint density at radius 3 is 2.29 bits per heavy atom. The first-order valence-corrected chi connectivity index (χ1v) is 11.1. The van der Waals surface area contributed by atoms with Crippen LogP contribution in [0.1, 0.15) is 5.76 Å². The highest BCUT2D eigenvalue weighted by molar-refractivity contribution is 7.89. The zero-order valence-electron chi connectivity index (χ0n) is 15.8. The minimum Gasteiger partial charge on any atom is -0.457 e. The Hall–Kier alpha value is -3.04. The molecule has 10 heteroatoms. The molecule has 4 rings (SSSR count). The lowest BCUT2D eigenvalue weighted by Gasteiger charge is -2.02. The Balaban J connectivity index is 1.72. The molecule has 3 N–H and O–H groups in total. The Morgan fingerprint density at radius 2 is 1.68 bits per heavy atom. The average molecular weight is 476 g/mol. The molecule has 158 valence electrons. The van der Waals surface area contributed by atoms with Crippen molar-refractivity contribution in [3.05, 3.63) is 91.3 Å². The van der Waals surface area contributed by atoms with Gasteiger partial charge in [0.05, 0.1) is 21.2 Å². The van der Waals surface area contributed by atoms with Crippen LogP contribution in [0, 0.1) is 0 Å². The molecule has 0 radical (unpaired) electrons. The molecular formula is C21H15Cl2N3O4S. The Morgan fingerprint density at radius 1 is 1.03 bits per heavy atom.